The zero-order valence-corrected chi connectivity index (χ0v) is 19.9. The Bertz CT molecular complexity index is 1280. The lowest BCUT2D eigenvalue weighted by atomic mass is 10.1. The first-order valence-electron chi connectivity index (χ1n) is 11.4. The molecule has 3 heterocycles. The fourth-order valence-electron chi connectivity index (χ4n) is 4.31. The first-order chi connectivity index (χ1) is 16.8. The summed E-state index contributed by atoms with van der Waals surface area (Å²) in [4.78, 5) is 49.1. The second-order valence-electron chi connectivity index (χ2n) is 8.81. The molecule has 4 rings (SSSR count). The average molecular weight is 476 g/mol. The number of nitrogens with one attached hydrogen (secondary N) is 1. The number of rotatable bonds is 6. The van der Waals surface area contributed by atoms with Crippen LogP contribution in [0.15, 0.2) is 49.4 Å². The molecule has 1 saturated heterocycles. The van der Waals surface area contributed by atoms with Crippen molar-refractivity contribution in [2.75, 3.05) is 38.2 Å². The van der Waals surface area contributed by atoms with E-state index in [9.17, 15) is 14.4 Å². The van der Waals surface area contributed by atoms with Crippen LogP contribution in [0.3, 0.4) is 0 Å². The number of nitrogen functional groups attached to an aromatic ring is 1. The van der Waals surface area contributed by atoms with Crippen molar-refractivity contribution in [2.45, 2.75) is 25.3 Å². The number of likely N-dealkylation sites (tertiary alicyclic amines) is 1. The van der Waals surface area contributed by atoms with E-state index < -0.39 is 0 Å². The van der Waals surface area contributed by atoms with Crippen molar-refractivity contribution in [1.29, 1.82) is 0 Å². The van der Waals surface area contributed by atoms with Crippen molar-refractivity contribution < 1.29 is 14.4 Å². The quantitative estimate of drug-likeness (QED) is 0.527. The Labute approximate surface area is 203 Å². The van der Waals surface area contributed by atoms with Gasteiger partial charge in [0.2, 0.25) is 11.8 Å². The van der Waals surface area contributed by atoms with Gasteiger partial charge in [0, 0.05) is 39.1 Å². The molecule has 1 aromatic carbocycles. The largest absolute Gasteiger partial charge is 0.383 e. The van der Waals surface area contributed by atoms with Crippen molar-refractivity contribution >= 4 is 40.3 Å². The molecule has 2 aromatic heterocycles. The zero-order valence-electron chi connectivity index (χ0n) is 19.9. The Kier molecular flexibility index (Phi) is 6.81. The normalized spacial score (nSPS) is 15.6. The van der Waals surface area contributed by atoms with E-state index in [2.05, 4.69) is 21.9 Å². The summed E-state index contributed by atoms with van der Waals surface area (Å²) < 4.78 is 1.92. The molecule has 0 radical (unpaired) electrons. The molecular formula is C25H29N7O3. The van der Waals surface area contributed by atoms with Gasteiger partial charge in [0.1, 0.15) is 17.8 Å². The lowest BCUT2D eigenvalue weighted by molar-refractivity contribution is -0.128. The van der Waals surface area contributed by atoms with Gasteiger partial charge in [-0.15, -0.1) is 0 Å². The van der Waals surface area contributed by atoms with Crippen molar-refractivity contribution in [1.82, 2.24) is 24.3 Å². The number of piperidine rings is 1. The first kappa shape index (κ1) is 23.9. The Morgan fingerprint density at radius 2 is 1.97 bits per heavy atom. The molecule has 10 nitrogen and oxygen atoms in total. The molecule has 182 valence electrons. The summed E-state index contributed by atoms with van der Waals surface area (Å²) in [7, 11) is 3.43. The van der Waals surface area contributed by atoms with E-state index in [0.717, 1.165) is 18.4 Å². The molecule has 1 aliphatic heterocycles. The van der Waals surface area contributed by atoms with Gasteiger partial charge in [0.15, 0.2) is 0 Å². The molecule has 3 aromatic rings. The molecule has 3 amide bonds. The van der Waals surface area contributed by atoms with E-state index >= 15 is 0 Å². The maximum absolute atomic E-state index is 13.3. The van der Waals surface area contributed by atoms with Gasteiger partial charge in [0.25, 0.3) is 5.91 Å². The highest BCUT2D eigenvalue weighted by atomic mass is 16.2. The lowest BCUT2D eigenvalue weighted by Crippen LogP contribution is -2.39. The third-order valence-corrected chi connectivity index (χ3v) is 6.23. The highest BCUT2D eigenvalue weighted by Crippen LogP contribution is 2.31. The Balaban J connectivity index is 1.60. The number of anilines is 2. The number of carbonyl (C=O) groups is 3. The summed E-state index contributed by atoms with van der Waals surface area (Å²) in [6.07, 6.45) is 6.38. The molecule has 35 heavy (non-hydrogen) atoms. The van der Waals surface area contributed by atoms with Crippen LogP contribution in [-0.2, 0) is 16.0 Å². The van der Waals surface area contributed by atoms with Crippen LogP contribution in [0.25, 0.3) is 11.0 Å². The minimum atomic E-state index is -0.345. The van der Waals surface area contributed by atoms with Crippen molar-refractivity contribution in [3.05, 3.63) is 60.6 Å². The maximum Gasteiger partial charge on any atom is 0.258 e. The van der Waals surface area contributed by atoms with Crippen LogP contribution in [0.5, 0.6) is 0 Å². The maximum atomic E-state index is 13.3. The molecule has 0 spiro atoms. The number of aromatic nitrogens is 3. The van der Waals surface area contributed by atoms with Crippen LogP contribution in [0.4, 0.5) is 11.5 Å². The second kappa shape index (κ2) is 9.96. The Hall–Kier alpha value is -4.21. The zero-order chi connectivity index (χ0) is 25.1. The molecule has 0 saturated carbocycles. The third kappa shape index (κ3) is 5.01. The van der Waals surface area contributed by atoms with Crippen LogP contribution in [0, 0.1) is 0 Å². The summed E-state index contributed by atoms with van der Waals surface area (Å²) in [5, 5.41) is 3.37. The highest BCUT2D eigenvalue weighted by Gasteiger charge is 2.28. The topological polar surface area (TPSA) is 126 Å². The van der Waals surface area contributed by atoms with Gasteiger partial charge in [-0.2, -0.15) is 0 Å². The number of hydrogen-bond acceptors (Lipinski definition) is 6. The molecular weight excluding hydrogens is 446 g/mol. The minimum absolute atomic E-state index is 0.00105. The van der Waals surface area contributed by atoms with E-state index in [1.54, 1.807) is 37.3 Å². The van der Waals surface area contributed by atoms with Gasteiger partial charge in [0.05, 0.1) is 23.4 Å². The van der Waals surface area contributed by atoms with Gasteiger partial charge in [-0.3, -0.25) is 14.4 Å². The van der Waals surface area contributed by atoms with Gasteiger partial charge < -0.3 is 25.4 Å². The smallest absolute Gasteiger partial charge is 0.258 e. The number of likely N-dealkylation sites (N-methyl/N-ethyl adjacent to an activating group) is 1. The number of amides is 3. The number of carbonyl (C=O) groups excluding carboxylic acids is 3. The predicted octanol–water partition coefficient (Wildman–Crippen LogP) is 2.25. The summed E-state index contributed by atoms with van der Waals surface area (Å²) in [6, 6.07) is 7.08. The van der Waals surface area contributed by atoms with Gasteiger partial charge in [-0.1, -0.05) is 18.7 Å². The number of hydrogen-bond donors (Lipinski definition) is 2. The van der Waals surface area contributed by atoms with E-state index in [4.69, 9.17) is 5.73 Å². The molecule has 0 bridgehead atoms. The third-order valence-electron chi connectivity index (χ3n) is 6.23. The molecule has 10 heteroatoms. The standard InChI is InChI=1S/C25H29N7O3/c1-4-20(33)31-11-5-6-18(13-31)32-14-19(22-23(26)27-15-28-24(22)32)25(35)29-17-9-7-16(8-10-17)12-21(34)30(2)3/h4,7-10,14-15,18H,1,5-6,11-13H2,2-3H3,(H,29,35)(H2,26,27,28). The van der Waals surface area contributed by atoms with E-state index in [1.165, 1.54) is 17.3 Å². The van der Waals surface area contributed by atoms with Crippen molar-refractivity contribution in [3.8, 4) is 0 Å². The van der Waals surface area contributed by atoms with Gasteiger partial charge in [-0.25, -0.2) is 9.97 Å². The monoisotopic (exact) mass is 475 g/mol. The van der Waals surface area contributed by atoms with Crippen LogP contribution >= 0.6 is 0 Å². The van der Waals surface area contributed by atoms with Crippen LogP contribution in [0.1, 0.15) is 34.8 Å². The predicted molar refractivity (Wildman–Crippen MR) is 134 cm³/mol. The molecule has 3 N–H and O–H groups in total. The fourth-order valence-corrected chi connectivity index (χ4v) is 4.31. The summed E-state index contributed by atoms with van der Waals surface area (Å²) in [5.74, 6) is -0.247. The van der Waals surface area contributed by atoms with Crippen LogP contribution in [-0.4, -0.2) is 69.2 Å². The molecule has 1 unspecified atom stereocenters. The number of nitrogens with two attached hydrogens (primary N) is 1. The van der Waals surface area contributed by atoms with E-state index in [0.29, 0.717) is 35.4 Å². The molecule has 1 fully saturated rings. The van der Waals surface area contributed by atoms with E-state index in [-0.39, 0.29) is 36.0 Å². The molecule has 1 aliphatic rings. The average Bonchev–Trinajstić information content (AvgIpc) is 3.26. The number of fused-ring (bicyclic) bond motifs is 1. The summed E-state index contributed by atoms with van der Waals surface area (Å²) in [6.45, 7) is 4.74. The second-order valence-corrected chi connectivity index (χ2v) is 8.81. The molecule has 0 aliphatic carbocycles. The van der Waals surface area contributed by atoms with Crippen LogP contribution in [0.2, 0.25) is 0 Å². The Morgan fingerprint density at radius 3 is 2.66 bits per heavy atom. The number of nitrogens with zero attached hydrogens (tertiary/aromatic N) is 5. The van der Waals surface area contributed by atoms with E-state index in [1.807, 2.05) is 16.7 Å². The van der Waals surface area contributed by atoms with Gasteiger partial charge in [-0.05, 0) is 36.6 Å². The minimum Gasteiger partial charge on any atom is -0.383 e. The van der Waals surface area contributed by atoms with Crippen molar-refractivity contribution in [3.63, 3.8) is 0 Å². The fraction of sp³-hybridized carbons (Fsp3) is 0.320. The lowest BCUT2D eigenvalue weighted by Gasteiger charge is -2.33. The number of benzene rings is 1. The highest BCUT2D eigenvalue weighted by molar-refractivity contribution is 6.14. The van der Waals surface area contributed by atoms with Crippen molar-refractivity contribution in [2.24, 2.45) is 0 Å². The SMILES string of the molecule is C=CC(=O)N1CCCC(n2cc(C(=O)Nc3ccc(CC(=O)N(C)C)cc3)c3c(N)ncnc32)C1. The summed E-state index contributed by atoms with van der Waals surface area (Å²) >= 11 is 0. The van der Waals surface area contributed by atoms with Crippen LogP contribution < -0.4 is 11.1 Å². The first-order valence-corrected chi connectivity index (χ1v) is 11.4. The summed E-state index contributed by atoms with van der Waals surface area (Å²) in [5.41, 5.74) is 8.52. The molecule has 1 atom stereocenters. The van der Waals surface area contributed by atoms with Gasteiger partial charge >= 0.3 is 0 Å². The Morgan fingerprint density at radius 1 is 1.23 bits per heavy atom.